The number of nitrogens with one attached hydrogen (secondary N) is 2. The molecule has 0 saturated carbocycles. The van der Waals surface area contributed by atoms with E-state index >= 15 is 0 Å². The summed E-state index contributed by atoms with van der Waals surface area (Å²) in [6.45, 7) is 2.77. The minimum absolute atomic E-state index is 0.0552. The second-order valence-electron chi connectivity index (χ2n) is 7.54. The van der Waals surface area contributed by atoms with E-state index in [4.69, 9.17) is 4.74 Å². The minimum atomic E-state index is -0.349. The van der Waals surface area contributed by atoms with Gasteiger partial charge in [0.2, 0.25) is 0 Å². The monoisotopic (exact) mass is 383 g/mol. The van der Waals surface area contributed by atoms with Crippen LogP contribution >= 0.6 is 0 Å². The number of likely N-dealkylation sites (tertiary alicyclic amines) is 1. The van der Waals surface area contributed by atoms with Crippen molar-refractivity contribution >= 4 is 5.91 Å². The van der Waals surface area contributed by atoms with Crippen LogP contribution in [0.15, 0.2) is 48.5 Å². The first kappa shape index (κ1) is 18.9. The Balaban J connectivity index is 1.34. The summed E-state index contributed by atoms with van der Waals surface area (Å²) in [6, 6.07) is 14.6. The molecule has 0 spiro atoms. The summed E-state index contributed by atoms with van der Waals surface area (Å²) in [5.41, 5.74) is 8.27. The Kier molecular flexibility index (Phi) is 5.88. The van der Waals surface area contributed by atoms with Crippen LogP contribution in [-0.2, 0) is 0 Å². The van der Waals surface area contributed by atoms with Gasteiger partial charge in [0.15, 0.2) is 11.6 Å². The van der Waals surface area contributed by atoms with E-state index in [1.807, 2.05) is 29.2 Å². The van der Waals surface area contributed by atoms with Crippen molar-refractivity contribution in [3.63, 3.8) is 0 Å². The number of para-hydroxylation sites is 1. The fraction of sp³-hybridized carbons (Fsp3) is 0.409. The van der Waals surface area contributed by atoms with Crippen LogP contribution in [0.3, 0.4) is 0 Å². The second kappa shape index (κ2) is 8.71. The van der Waals surface area contributed by atoms with Crippen LogP contribution in [-0.4, -0.2) is 37.0 Å². The lowest BCUT2D eigenvalue weighted by molar-refractivity contribution is 0.0631. The van der Waals surface area contributed by atoms with Crippen LogP contribution < -0.4 is 15.6 Å². The van der Waals surface area contributed by atoms with E-state index in [0.717, 1.165) is 32.4 Å². The third-order valence-corrected chi connectivity index (χ3v) is 5.51. The second-order valence-corrected chi connectivity index (χ2v) is 7.54. The lowest BCUT2D eigenvalue weighted by atomic mass is 9.97. The molecule has 0 bridgehead atoms. The Morgan fingerprint density at radius 1 is 1.14 bits per heavy atom. The largest absolute Gasteiger partial charge is 0.490 e. The molecule has 0 aliphatic carbocycles. The van der Waals surface area contributed by atoms with Crippen LogP contribution in [0.4, 0.5) is 4.39 Å². The molecular formula is C22H26FN3O2. The first-order chi connectivity index (χ1) is 13.7. The maximum Gasteiger partial charge on any atom is 0.253 e. The van der Waals surface area contributed by atoms with Gasteiger partial charge in [-0.25, -0.2) is 4.39 Å². The quantitative estimate of drug-likeness (QED) is 0.832. The lowest BCUT2D eigenvalue weighted by Gasteiger charge is -2.32. The van der Waals surface area contributed by atoms with E-state index in [0.29, 0.717) is 24.8 Å². The normalized spacial score (nSPS) is 22.2. The van der Waals surface area contributed by atoms with Gasteiger partial charge >= 0.3 is 0 Å². The smallest absolute Gasteiger partial charge is 0.253 e. The summed E-state index contributed by atoms with van der Waals surface area (Å²) in [4.78, 5) is 14.8. The number of hydrogen-bond acceptors (Lipinski definition) is 4. The molecule has 28 heavy (non-hydrogen) atoms. The highest BCUT2D eigenvalue weighted by molar-refractivity contribution is 5.94. The van der Waals surface area contributed by atoms with Crippen LogP contribution in [0, 0.1) is 11.7 Å². The molecule has 1 amide bonds. The summed E-state index contributed by atoms with van der Waals surface area (Å²) in [6.07, 6.45) is 2.97. The van der Waals surface area contributed by atoms with Crippen molar-refractivity contribution in [2.45, 2.75) is 25.3 Å². The first-order valence-corrected chi connectivity index (χ1v) is 9.95. The number of hydrogen-bond donors (Lipinski definition) is 2. The summed E-state index contributed by atoms with van der Waals surface area (Å²) >= 11 is 0. The molecule has 0 radical (unpaired) electrons. The highest BCUT2D eigenvalue weighted by Gasteiger charge is 2.25. The topological polar surface area (TPSA) is 53.6 Å². The molecule has 2 saturated heterocycles. The first-order valence-electron chi connectivity index (χ1n) is 9.95. The zero-order valence-corrected chi connectivity index (χ0v) is 15.9. The maximum absolute atomic E-state index is 13.7. The van der Waals surface area contributed by atoms with Crippen molar-refractivity contribution in [1.29, 1.82) is 0 Å². The van der Waals surface area contributed by atoms with Crippen LogP contribution in [0.5, 0.6) is 5.75 Å². The fourth-order valence-corrected chi connectivity index (χ4v) is 3.93. The van der Waals surface area contributed by atoms with Gasteiger partial charge in [0.05, 0.1) is 6.61 Å². The molecule has 2 aliphatic rings. The number of carbonyl (C=O) groups excluding carboxylic acids is 1. The lowest BCUT2D eigenvalue weighted by Crippen LogP contribution is -2.41. The zero-order chi connectivity index (χ0) is 19.3. The van der Waals surface area contributed by atoms with Gasteiger partial charge in [-0.1, -0.05) is 24.3 Å². The van der Waals surface area contributed by atoms with E-state index in [9.17, 15) is 9.18 Å². The average molecular weight is 383 g/mol. The van der Waals surface area contributed by atoms with Gasteiger partial charge in [-0.2, -0.15) is 0 Å². The Morgan fingerprint density at radius 3 is 2.71 bits per heavy atom. The Hall–Kier alpha value is -2.44. The molecule has 2 fully saturated rings. The molecular weight excluding hydrogens is 357 g/mol. The number of benzene rings is 2. The molecule has 0 aromatic heterocycles. The fourth-order valence-electron chi connectivity index (χ4n) is 3.93. The van der Waals surface area contributed by atoms with Crippen molar-refractivity contribution in [2.75, 3.05) is 26.2 Å². The molecule has 5 nitrogen and oxygen atoms in total. The molecule has 6 heteroatoms. The van der Waals surface area contributed by atoms with E-state index in [1.165, 1.54) is 11.6 Å². The van der Waals surface area contributed by atoms with Crippen LogP contribution in [0.25, 0.3) is 0 Å². The summed E-state index contributed by atoms with van der Waals surface area (Å²) in [7, 11) is 0. The Labute approximate surface area is 164 Å². The van der Waals surface area contributed by atoms with Crippen molar-refractivity contribution in [2.24, 2.45) is 5.92 Å². The van der Waals surface area contributed by atoms with Crippen molar-refractivity contribution in [3.05, 3.63) is 65.5 Å². The number of carbonyl (C=O) groups is 1. The van der Waals surface area contributed by atoms with Gasteiger partial charge < -0.3 is 9.64 Å². The summed E-state index contributed by atoms with van der Waals surface area (Å²) < 4.78 is 19.4. The number of nitrogens with zero attached hydrogens (tertiary/aromatic N) is 1. The van der Waals surface area contributed by atoms with Gasteiger partial charge in [0.1, 0.15) is 0 Å². The van der Waals surface area contributed by atoms with E-state index in [-0.39, 0.29) is 23.4 Å². The molecule has 2 aliphatic heterocycles. The molecule has 2 atom stereocenters. The van der Waals surface area contributed by atoms with Crippen molar-refractivity contribution < 1.29 is 13.9 Å². The predicted octanol–water partition coefficient (Wildman–Crippen LogP) is 3.30. The predicted molar refractivity (Wildman–Crippen MR) is 105 cm³/mol. The van der Waals surface area contributed by atoms with Crippen molar-refractivity contribution in [3.8, 4) is 5.75 Å². The zero-order valence-electron chi connectivity index (χ0n) is 15.9. The van der Waals surface area contributed by atoms with Crippen LogP contribution in [0.2, 0.25) is 0 Å². The third-order valence-electron chi connectivity index (χ3n) is 5.51. The van der Waals surface area contributed by atoms with Gasteiger partial charge in [-0.3, -0.25) is 15.6 Å². The molecule has 2 N–H and O–H groups in total. The highest BCUT2D eigenvalue weighted by atomic mass is 19.1. The van der Waals surface area contributed by atoms with E-state index < -0.39 is 0 Å². The molecule has 2 unspecified atom stereocenters. The number of halogens is 1. The number of hydrazine groups is 1. The number of piperidine rings is 1. The van der Waals surface area contributed by atoms with E-state index in [1.54, 1.807) is 18.2 Å². The van der Waals surface area contributed by atoms with Gasteiger partial charge in [0, 0.05) is 37.2 Å². The Morgan fingerprint density at radius 2 is 1.96 bits per heavy atom. The number of rotatable bonds is 5. The van der Waals surface area contributed by atoms with Gasteiger partial charge in [0.25, 0.3) is 5.91 Å². The molecule has 148 valence electrons. The Bertz CT molecular complexity index is 806. The van der Waals surface area contributed by atoms with Crippen molar-refractivity contribution in [1.82, 2.24) is 15.8 Å². The number of ether oxygens (including phenoxy) is 1. The van der Waals surface area contributed by atoms with Gasteiger partial charge in [-0.15, -0.1) is 0 Å². The van der Waals surface area contributed by atoms with Gasteiger partial charge in [-0.05, 0) is 49.1 Å². The maximum atomic E-state index is 13.7. The van der Waals surface area contributed by atoms with E-state index in [2.05, 4.69) is 10.9 Å². The summed E-state index contributed by atoms with van der Waals surface area (Å²) in [5.74, 6) is 0.194. The molecule has 2 heterocycles. The minimum Gasteiger partial charge on any atom is -0.490 e. The highest BCUT2D eigenvalue weighted by Crippen LogP contribution is 2.23. The molecule has 4 rings (SSSR count). The molecule has 2 aromatic rings. The SMILES string of the molecule is O=C(c1ccc(C2CCNN2)cc1)N1CCCC(COc2ccccc2F)C1. The third kappa shape index (κ3) is 4.34. The number of amides is 1. The van der Waals surface area contributed by atoms with Crippen LogP contribution in [0.1, 0.15) is 41.2 Å². The molecule has 2 aromatic carbocycles. The summed E-state index contributed by atoms with van der Waals surface area (Å²) in [5, 5.41) is 0. The average Bonchev–Trinajstić information content (AvgIpc) is 3.28. The standard InChI is InChI=1S/C22H26FN3O2/c23-19-5-1-2-6-21(19)28-15-16-4-3-13-26(14-16)22(27)18-9-7-17(8-10-18)20-11-12-24-25-20/h1-2,5-10,16,20,24-25H,3-4,11-15H2.